The van der Waals surface area contributed by atoms with E-state index >= 15 is 0 Å². The van der Waals surface area contributed by atoms with Crippen LogP contribution in [0.1, 0.15) is 44.7 Å². The molecule has 1 aromatic heterocycles. The molecule has 1 aliphatic carbocycles. The molecule has 1 aromatic rings. The van der Waals surface area contributed by atoms with Crippen molar-refractivity contribution >= 4 is 0 Å². The zero-order valence-corrected chi connectivity index (χ0v) is 12.4. The molecule has 108 valence electrons. The minimum absolute atomic E-state index is 0.106. The number of nitrogens with two attached hydrogens (primary N) is 1. The monoisotopic (exact) mass is 265 g/mol. The summed E-state index contributed by atoms with van der Waals surface area (Å²) in [6.07, 6.45) is 8.42. The van der Waals surface area contributed by atoms with Crippen molar-refractivity contribution in [3.05, 3.63) is 18.0 Å². The van der Waals surface area contributed by atoms with E-state index in [1.165, 1.54) is 18.5 Å². The molecule has 2 rings (SSSR count). The predicted octanol–water partition coefficient (Wildman–Crippen LogP) is 2.28. The van der Waals surface area contributed by atoms with Crippen LogP contribution in [0.4, 0.5) is 0 Å². The molecule has 1 aliphatic rings. The average Bonchev–Trinajstić information content (AvgIpc) is 2.83. The van der Waals surface area contributed by atoms with Crippen LogP contribution in [0.5, 0.6) is 0 Å². The third-order valence-corrected chi connectivity index (χ3v) is 4.84. The van der Waals surface area contributed by atoms with E-state index in [0.717, 1.165) is 31.6 Å². The highest BCUT2D eigenvalue weighted by molar-refractivity contribution is 5.02. The van der Waals surface area contributed by atoms with E-state index < -0.39 is 0 Å². The van der Waals surface area contributed by atoms with Crippen LogP contribution in [-0.4, -0.2) is 28.5 Å². The van der Waals surface area contributed by atoms with Gasteiger partial charge in [-0.25, -0.2) is 0 Å². The number of ether oxygens (including phenoxy) is 1. The van der Waals surface area contributed by atoms with Crippen molar-refractivity contribution in [2.75, 3.05) is 7.11 Å². The molecule has 0 amide bonds. The summed E-state index contributed by atoms with van der Waals surface area (Å²) < 4.78 is 7.77. The van der Waals surface area contributed by atoms with Crippen molar-refractivity contribution < 1.29 is 4.74 Å². The van der Waals surface area contributed by atoms with E-state index in [0.29, 0.717) is 0 Å². The molecule has 0 bridgehead atoms. The van der Waals surface area contributed by atoms with Gasteiger partial charge in [-0.15, -0.1) is 0 Å². The summed E-state index contributed by atoms with van der Waals surface area (Å²) in [6.45, 7) is 2.32. The number of hydrogen-bond donors (Lipinski definition) is 1. The fraction of sp³-hybridized carbons (Fsp3) is 0.800. The molecule has 0 spiro atoms. The van der Waals surface area contributed by atoms with Gasteiger partial charge in [-0.1, -0.05) is 6.92 Å². The Kier molecular flexibility index (Phi) is 4.63. The SMILES string of the molecule is COC1(C(N)CCc2ccnn2C)CCC(C)CC1. The van der Waals surface area contributed by atoms with E-state index in [4.69, 9.17) is 10.5 Å². The normalized spacial score (nSPS) is 29.4. The standard InChI is InChI=1S/C15H27N3O/c1-12-6-9-15(19-3,10-7-12)14(16)5-4-13-8-11-17-18(13)2/h8,11-12,14H,4-7,9-10,16H2,1-3H3. The first-order chi connectivity index (χ1) is 9.07. The van der Waals surface area contributed by atoms with Gasteiger partial charge in [0.1, 0.15) is 0 Å². The molecule has 4 heteroatoms. The molecule has 19 heavy (non-hydrogen) atoms. The van der Waals surface area contributed by atoms with Crippen molar-refractivity contribution in [1.29, 1.82) is 0 Å². The first-order valence-corrected chi connectivity index (χ1v) is 7.35. The first kappa shape index (κ1) is 14.5. The topological polar surface area (TPSA) is 53.1 Å². The Hall–Kier alpha value is -0.870. The number of hydrogen-bond acceptors (Lipinski definition) is 3. The summed E-state index contributed by atoms with van der Waals surface area (Å²) in [6, 6.07) is 2.18. The second kappa shape index (κ2) is 6.06. The average molecular weight is 265 g/mol. The summed E-state index contributed by atoms with van der Waals surface area (Å²) in [4.78, 5) is 0. The van der Waals surface area contributed by atoms with Crippen molar-refractivity contribution in [1.82, 2.24) is 9.78 Å². The molecule has 0 radical (unpaired) electrons. The van der Waals surface area contributed by atoms with Crippen molar-refractivity contribution in [2.24, 2.45) is 18.7 Å². The highest BCUT2D eigenvalue weighted by Crippen LogP contribution is 2.37. The summed E-state index contributed by atoms with van der Waals surface area (Å²) in [5.74, 6) is 0.813. The summed E-state index contributed by atoms with van der Waals surface area (Å²) in [7, 11) is 3.80. The lowest BCUT2D eigenvalue weighted by Gasteiger charge is -2.42. The molecule has 1 atom stereocenters. The van der Waals surface area contributed by atoms with Gasteiger partial charge in [-0.05, 0) is 50.5 Å². The maximum atomic E-state index is 6.45. The van der Waals surface area contributed by atoms with Gasteiger partial charge >= 0.3 is 0 Å². The second-order valence-electron chi connectivity index (χ2n) is 6.04. The molecule has 1 unspecified atom stereocenters. The Bertz CT molecular complexity index is 394. The summed E-state index contributed by atoms with van der Waals surface area (Å²) in [5, 5.41) is 4.20. The van der Waals surface area contributed by atoms with Gasteiger partial charge in [-0.3, -0.25) is 4.68 Å². The molecule has 1 fully saturated rings. The molecule has 1 saturated carbocycles. The third-order valence-electron chi connectivity index (χ3n) is 4.84. The van der Waals surface area contributed by atoms with E-state index in [-0.39, 0.29) is 11.6 Å². The van der Waals surface area contributed by atoms with Crippen LogP contribution in [0.2, 0.25) is 0 Å². The van der Waals surface area contributed by atoms with Crippen LogP contribution in [0.15, 0.2) is 12.3 Å². The number of methoxy groups -OCH3 is 1. The largest absolute Gasteiger partial charge is 0.377 e. The van der Waals surface area contributed by atoms with Crippen LogP contribution >= 0.6 is 0 Å². The number of aryl methyl sites for hydroxylation is 2. The Morgan fingerprint density at radius 2 is 2.21 bits per heavy atom. The molecule has 4 nitrogen and oxygen atoms in total. The molecule has 0 aliphatic heterocycles. The third kappa shape index (κ3) is 3.18. The molecule has 0 saturated heterocycles. The van der Waals surface area contributed by atoms with Gasteiger partial charge in [0, 0.05) is 32.1 Å². The van der Waals surface area contributed by atoms with Crippen molar-refractivity contribution in [3.8, 4) is 0 Å². The fourth-order valence-electron chi connectivity index (χ4n) is 3.19. The molecule has 1 heterocycles. The van der Waals surface area contributed by atoms with E-state index in [1.54, 1.807) is 0 Å². The van der Waals surface area contributed by atoms with Crippen LogP contribution < -0.4 is 5.73 Å². The van der Waals surface area contributed by atoms with Crippen molar-refractivity contribution in [3.63, 3.8) is 0 Å². The van der Waals surface area contributed by atoms with E-state index in [1.807, 2.05) is 25.0 Å². The predicted molar refractivity (Wildman–Crippen MR) is 76.9 cm³/mol. The molecule has 0 aromatic carbocycles. The Morgan fingerprint density at radius 1 is 1.53 bits per heavy atom. The van der Waals surface area contributed by atoms with Crippen LogP contribution in [-0.2, 0) is 18.2 Å². The zero-order valence-electron chi connectivity index (χ0n) is 12.4. The van der Waals surface area contributed by atoms with Gasteiger partial charge in [0.05, 0.1) is 5.60 Å². The van der Waals surface area contributed by atoms with E-state index in [9.17, 15) is 0 Å². The van der Waals surface area contributed by atoms with Gasteiger partial charge in [0.2, 0.25) is 0 Å². The first-order valence-electron chi connectivity index (χ1n) is 7.35. The summed E-state index contributed by atoms with van der Waals surface area (Å²) in [5.41, 5.74) is 7.59. The van der Waals surface area contributed by atoms with E-state index in [2.05, 4.69) is 18.1 Å². The van der Waals surface area contributed by atoms with Crippen LogP contribution in [0, 0.1) is 5.92 Å². The highest BCUT2D eigenvalue weighted by Gasteiger charge is 2.39. The van der Waals surface area contributed by atoms with Crippen molar-refractivity contribution in [2.45, 2.75) is 57.1 Å². The van der Waals surface area contributed by atoms with Crippen LogP contribution in [0.25, 0.3) is 0 Å². The minimum Gasteiger partial charge on any atom is -0.377 e. The zero-order chi connectivity index (χ0) is 13.9. The lowest BCUT2D eigenvalue weighted by Crippen LogP contribution is -2.51. The molecular formula is C15H27N3O. The quantitative estimate of drug-likeness (QED) is 0.888. The Balaban J connectivity index is 1.93. The smallest absolute Gasteiger partial charge is 0.0829 e. The lowest BCUT2D eigenvalue weighted by atomic mass is 9.74. The molecule has 2 N–H and O–H groups in total. The van der Waals surface area contributed by atoms with Crippen LogP contribution in [0.3, 0.4) is 0 Å². The number of aromatic nitrogens is 2. The summed E-state index contributed by atoms with van der Waals surface area (Å²) >= 11 is 0. The maximum Gasteiger partial charge on any atom is 0.0829 e. The Labute approximate surface area is 116 Å². The van der Waals surface area contributed by atoms with Gasteiger partial charge in [0.25, 0.3) is 0 Å². The minimum atomic E-state index is -0.106. The fourth-order valence-corrected chi connectivity index (χ4v) is 3.19. The number of rotatable bonds is 5. The second-order valence-corrected chi connectivity index (χ2v) is 6.04. The lowest BCUT2D eigenvalue weighted by molar-refractivity contribution is -0.0676. The highest BCUT2D eigenvalue weighted by atomic mass is 16.5. The van der Waals surface area contributed by atoms with Gasteiger partial charge in [-0.2, -0.15) is 5.10 Å². The maximum absolute atomic E-state index is 6.45. The van der Waals surface area contributed by atoms with Gasteiger partial charge < -0.3 is 10.5 Å². The number of nitrogens with zero attached hydrogens (tertiary/aromatic N) is 2. The molecular weight excluding hydrogens is 238 g/mol. The Morgan fingerprint density at radius 3 is 2.74 bits per heavy atom. The van der Waals surface area contributed by atoms with Gasteiger partial charge in [0.15, 0.2) is 0 Å².